The molecule has 0 bridgehead atoms. The zero-order valence-corrected chi connectivity index (χ0v) is 32.7. The van der Waals surface area contributed by atoms with Gasteiger partial charge in [-0.25, -0.2) is 4.57 Å². The van der Waals surface area contributed by atoms with Gasteiger partial charge in [-0.2, -0.15) is 4.57 Å². The van der Waals surface area contributed by atoms with Crippen molar-refractivity contribution in [2.75, 3.05) is 0 Å². The van der Waals surface area contributed by atoms with Gasteiger partial charge in [0.05, 0.1) is 12.6 Å². The van der Waals surface area contributed by atoms with E-state index in [0.29, 0.717) is 0 Å². The fraction of sp³-hybridized carbons (Fsp3) is 0.151. The molecule has 0 aliphatic carbocycles. The van der Waals surface area contributed by atoms with Gasteiger partial charge >= 0.3 is 0 Å². The molecule has 10 rings (SSSR count). The van der Waals surface area contributed by atoms with Crippen LogP contribution in [0.1, 0.15) is 58.9 Å². The van der Waals surface area contributed by atoms with E-state index in [4.69, 9.17) is 4.42 Å². The maximum atomic E-state index is 9.75. The standard InChI is InChI=1S/C53H45N2O/c1-32(2)44-30-39(37-23-21-36(22-24-37)35-14-8-7-9-15-35)31-45(33(3)4)51(44)55-47-19-13-12-18-46(47)54(6)53(55)49-34(5)20-29-48-50(49)43-28-27-41-40-17-11-10-16-38(40)25-26-42(41)52(43)56-48/h7-33H,1-6H3/q+1/i32D,33D. The van der Waals surface area contributed by atoms with Crippen molar-refractivity contribution in [2.45, 2.75) is 46.4 Å². The highest BCUT2D eigenvalue weighted by molar-refractivity contribution is 6.23. The lowest BCUT2D eigenvalue weighted by molar-refractivity contribution is -0.633. The van der Waals surface area contributed by atoms with Gasteiger partial charge in [0, 0.05) is 30.0 Å². The van der Waals surface area contributed by atoms with E-state index in [1.165, 1.54) is 21.7 Å². The molecule has 2 heterocycles. The summed E-state index contributed by atoms with van der Waals surface area (Å²) in [6.07, 6.45) is 0. The number of imidazole rings is 1. The van der Waals surface area contributed by atoms with Crippen molar-refractivity contribution in [1.82, 2.24) is 4.57 Å². The van der Waals surface area contributed by atoms with Crippen LogP contribution in [0.5, 0.6) is 0 Å². The average molecular weight is 728 g/mol. The molecule has 2 aromatic heterocycles. The predicted octanol–water partition coefficient (Wildman–Crippen LogP) is 14.2. The summed E-state index contributed by atoms with van der Waals surface area (Å²) in [6.45, 7) is 10.0. The smallest absolute Gasteiger partial charge is 0.295 e. The van der Waals surface area contributed by atoms with Crippen LogP contribution in [0.25, 0.3) is 93.8 Å². The number of aryl methyl sites for hydroxylation is 2. The number of nitrogens with zero attached hydrogens (tertiary/aromatic N) is 2. The van der Waals surface area contributed by atoms with Crippen molar-refractivity contribution in [1.29, 1.82) is 0 Å². The third-order valence-corrected chi connectivity index (χ3v) is 11.7. The molecule has 56 heavy (non-hydrogen) atoms. The van der Waals surface area contributed by atoms with Crippen LogP contribution < -0.4 is 4.57 Å². The Morgan fingerprint density at radius 1 is 0.571 bits per heavy atom. The SMILES string of the molecule is [2H]C(C)(C)c1cc(-c2ccc(-c3ccccc3)cc2)cc(C([2H])(C)C)c1-n1c(-c2c(C)ccc3oc4c5ccc6ccccc6c5ccc4c23)[n+](C)c2ccccc21. The molecule has 3 heteroatoms. The first-order valence-corrected chi connectivity index (χ1v) is 19.5. The maximum Gasteiger partial charge on any atom is 0.295 e. The molecule has 0 spiro atoms. The molecule has 0 fully saturated rings. The average Bonchev–Trinajstić information content (AvgIpc) is 3.75. The van der Waals surface area contributed by atoms with E-state index in [-0.39, 0.29) is 0 Å². The number of benzene rings is 8. The van der Waals surface area contributed by atoms with Gasteiger partial charge in [0.25, 0.3) is 5.82 Å². The van der Waals surface area contributed by atoms with E-state index in [0.717, 1.165) is 88.8 Å². The Morgan fingerprint density at radius 3 is 1.91 bits per heavy atom. The Hall–Kier alpha value is -6.45. The van der Waals surface area contributed by atoms with Crippen LogP contribution in [-0.4, -0.2) is 4.57 Å². The van der Waals surface area contributed by atoms with Gasteiger partial charge in [-0.05, 0) is 105 Å². The van der Waals surface area contributed by atoms with E-state index < -0.39 is 11.8 Å². The van der Waals surface area contributed by atoms with E-state index in [1.807, 2.05) is 33.8 Å². The summed E-state index contributed by atoms with van der Waals surface area (Å²) < 4.78 is 31.0. The quantitative estimate of drug-likeness (QED) is 0.123. The summed E-state index contributed by atoms with van der Waals surface area (Å²) in [5.41, 5.74) is 12.9. The van der Waals surface area contributed by atoms with Gasteiger partial charge in [0.15, 0.2) is 11.0 Å². The Kier molecular flexibility index (Phi) is 7.45. The van der Waals surface area contributed by atoms with Crippen molar-refractivity contribution < 1.29 is 11.7 Å². The zero-order valence-electron chi connectivity index (χ0n) is 34.7. The number of rotatable bonds is 6. The van der Waals surface area contributed by atoms with E-state index in [1.54, 1.807) is 0 Å². The van der Waals surface area contributed by atoms with Crippen molar-refractivity contribution in [3.05, 3.63) is 168 Å². The van der Waals surface area contributed by atoms with Crippen LogP contribution in [0.2, 0.25) is 0 Å². The fourth-order valence-electron chi connectivity index (χ4n) is 8.92. The van der Waals surface area contributed by atoms with Gasteiger partial charge < -0.3 is 4.42 Å². The highest BCUT2D eigenvalue weighted by atomic mass is 16.3. The molecule has 272 valence electrons. The van der Waals surface area contributed by atoms with Gasteiger partial charge in [0.1, 0.15) is 16.9 Å². The van der Waals surface area contributed by atoms with Gasteiger partial charge in [0.2, 0.25) is 0 Å². The molecule has 0 N–H and O–H groups in total. The zero-order chi connectivity index (χ0) is 40.1. The van der Waals surface area contributed by atoms with E-state index in [9.17, 15) is 2.74 Å². The van der Waals surface area contributed by atoms with Crippen LogP contribution in [0.4, 0.5) is 0 Å². The first-order chi connectivity index (χ1) is 27.9. The third-order valence-electron chi connectivity index (χ3n) is 11.7. The molecule has 10 aromatic rings. The number of hydrogen-bond donors (Lipinski definition) is 0. The highest BCUT2D eigenvalue weighted by Crippen LogP contribution is 2.45. The molecule has 8 aromatic carbocycles. The van der Waals surface area contributed by atoms with E-state index >= 15 is 0 Å². The number of hydrogen-bond acceptors (Lipinski definition) is 1. The van der Waals surface area contributed by atoms with Crippen LogP contribution in [-0.2, 0) is 7.05 Å². The molecule has 0 aliphatic rings. The number of furan rings is 1. The van der Waals surface area contributed by atoms with Gasteiger partial charge in [-0.3, -0.25) is 0 Å². The molecule has 0 unspecified atom stereocenters. The minimum atomic E-state index is -1.01. The Bertz CT molecular complexity index is 3210. The Morgan fingerprint density at radius 2 is 1.18 bits per heavy atom. The number of para-hydroxylation sites is 2. The second-order valence-electron chi connectivity index (χ2n) is 15.6. The first-order valence-electron chi connectivity index (χ1n) is 20.5. The molecular weight excluding hydrogens is 681 g/mol. The third kappa shape index (κ3) is 5.22. The summed E-state index contributed by atoms with van der Waals surface area (Å²) in [4.78, 5) is 0. The largest absolute Gasteiger partial charge is 0.455 e. The molecule has 0 saturated heterocycles. The summed E-state index contributed by atoms with van der Waals surface area (Å²) >= 11 is 0. The highest BCUT2D eigenvalue weighted by Gasteiger charge is 2.34. The van der Waals surface area contributed by atoms with Gasteiger partial charge in [-0.15, -0.1) is 0 Å². The van der Waals surface area contributed by atoms with Crippen LogP contribution in [0.3, 0.4) is 0 Å². The number of aromatic nitrogens is 2. The summed E-state index contributed by atoms with van der Waals surface area (Å²) in [7, 11) is 2.13. The predicted molar refractivity (Wildman–Crippen MR) is 236 cm³/mol. The van der Waals surface area contributed by atoms with Crippen molar-refractivity contribution in [3.8, 4) is 39.3 Å². The topological polar surface area (TPSA) is 21.9 Å². The second kappa shape index (κ2) is 13.1. The Balaban J connectivity index is 1.29. The van der Waals surface area contributed by atoms with Crippen molar-refractivity contribution >= 4 is 54.5 Å². The normalized spacial score (nSPS) is 13.0. The lowest BCUT2D eigenvalue weighted by Gasteiger charge is -2.21. The summed E-state index contributed by atoms with van der Waals surface area (Å²) in [6, 6.07) is 53.5. The van der Waals surface area contributed by atoms with E-state index in [2.05, 4.69) is 169 Å². The molecular formula is C53H45N2O+. The molecule has 0 radical (unpaired) electrons. The number of fused-ring (bicyclic) bond motifs is 8. The lowest BCUT2D eigenvalue weighted by Crippen LogP contribution is -2.30. The fourth-order valence-corrected chi connectivity index (χ4v) is 8.92. The minimum Gasteiger partial charge on any atom is -0.455 e. The Labute approximate surface area is 330 Å². The van der Waals surface area contributed by atoms with Gasteiger partial charge in [-0.1, -0.05) is 137 Å². The van der Waals surface area contributed by atoms with Crippen LogP contribution in [0.15, 0.2) is 156 Å². The van der Waals surface area contributed by atoms with Crippen LogP contribution in [0, 0.1) is 6.92 Å². The maximum absolute atomic E-state index is 9.75. The summed E-state index contributed by atoms with van der Waals surface area (Å²) in [5, 5.41) is 6.78. The van der Waals surface area contributed by atoms with Crippen LogP contribution >= 0.6 is 0 Å². The first kappa shape index (κ1) is 31.9. The minimum absolute atomic E-state index is 0.824. The molecule has 0 amide bonds. The molecule has 0 saturated carbocycles. The van der Waals surface area contributed by atoms with Crippen molar-refractivity contribution in [3.63, 3.8) is 0 Å². The molecule has 0 aliphatic heterocycles. The summed E-state index contributed by atoms with van der Waals surface area (Å²) in [5.74, 6) is -1.05. The van der Waals surface area contributed by atoms with Crippen molar-refractivity contribution in [2.24, 2.45) is 7.05 Å². The second-order valence-corrected chi connectivity index (χ2v) is 15.6. The molecule has 0 atom stereocenters. The lowest BCUT2D eigenvalue weighted by atomic mass is 9.87. The monoisotopic (exact) mass is 727 g/mol. The molecule has 3 nitrogen and oxygen atoms in total.